The smallest absolute Gasteiger partial charge is 0.249 e. The number of carbonyl (C=O) groups excluding carboxylic acids is 1. The normalized spacial score (nSPS) is 13.7. The number of rotatable bonds is 36. The third-order valence-corrected chi connectivity index (χ3v) is 9.48. The molecule has 3 atom stereocenters. The van der Waals surface area contributed by atoms with E-state index in [0.717, 1.165) is 32.1 Å². The fourth-order valence-corrected chi connectivity index (χ4v) is 6.31. The molecule has 0 heterocycles. The molecule has 0 saturated heterocycles. The summed E-state index contributed by atoms with van der Waals surface area (Å²) >= 11 is 0. The third-order valence-electron chi connectivity index (χ3n) is 9.48. The number of aliphatic hydroxyl groups is 3. The van der Waals surface area contributed by atoms with Gasteiger partial charge >= 0.3 is 0 Å². The van der Waals surface area contributed by atoms with Crippen molar-refractivity contribution in [2.75, 3.05) is 6.61 Å². The molecule has 0 aromatic heterocycles. The highest BCUT2D eigenvalue weighted by atomic mass is 16.3. The van der Waals surface area contributed by atoms with Crippen molar-refractivity contribution in [3.05, 3.63) is 0 Å². The summed E-state index contributed by atoms with van der Waals surface area (Å²) in [5.41, 5.74) is 0. The zero-order valence-electron chi connectivity index (χ0n) is 29.8. The second-order valence-electron chi connectivity index (χ2n) is 13.9. The van der Waals surface area contributed by atoms with Crippen LogP contribution in [0.3, 0.4) is 0 Å². The highest BCUT2D eigenvalue weighted by molar-refractivity contribution is 5.80. The molecule has 5 nitrogen and oxygen atoms in total. The lowest BCUT2D eigenvalue weighted by Crippen LogP contribution is -2.49. The first-order valence-electron chi connectivity index (χ1n) is 19.8. The maximum absolute atomic E-state index is 12.4. The molecule has 0 aliphatic heterocycles. The van der Waals surface area contributed by atoms with Gasteiger partial charge in [-0.2, -0.15) is 0 Å². The molecule has 0 fully saturated rings. The summed E-state index contributed by atoms with van der Waals surface area (Å²) in [4.78, 5) is 12.4. The largest absolute Gasteiger partial charge is 0.394 e. The van der Waals surface area contributed by atoms with Crippen LogP contribution >= 0.6 is 0 Å². The van der Waals surface area contributed by atoms with Gasteiger partial charge in [-0.3, -0.25) is 4.79 Å². The lowest BCUT2D eigenvalue weighted by Gasteiger charge is -2.23. The van der Waals surface area contributed by atoms with Gasteiger partial charge in [-0.15, -0.1) is 0 Å². The van der Waals surface area contributed by atoms with E-state index in [1.54, 1.807) is 0 Å². The number of amides is 1. The predicted octanol–water partition coefficient (Wildman–Crippen LogP) is 10.7. The van der Waals surface area contributed by atoms with Crippen LogP contribution in [0.4, 0.5) is 0 Å². The Kier molecular flexibility index (Phi) is 34.7. The van der Waals surface area contributed by atoms with E-state index < -0.39 is 24.2 Å². The molecule has 0 aliphatic carbocycles. The Morgan fingerprint density at radius 3 is 1.02 bits per heavy atom. The number of nitrogens with one attached hydrogen (secondary N) is 1. The van der Waals surface area contributed by atoms with E-state index >= 15 is 0 Å². The summed E-state index contributed by atoms with van der Waals surface area (Å²) in [5.74, 6) is -0.469. The minimum atomic E-state index is -1.07. The topological polar surface area (TPSA) is 89.8 Å². The van der Waals surface area contributed by atoms with Crippen LogP contribution in [0.15, 0.2) is 0 Å². The molecule has 0 bridgehead atoms. The van der Waals surface area contributed by atoms with Crippen LogP contribution in [0.25, 0.3) is 0 Å². The molecule has 3 unspecified atom stereocenters. The van der Waals surface area contributed by atoms with Crippen molar-refractivity contribution in [3.8, 4) is 0 Å². The summed E-state index contributed by atoms with van der Waals surface area (Å²) in [5, 5.41) is 33.1. The van der Waals surface area contributed by atoms with E-state index in [2.05, 4.69) is 19.2 Å². The van der Waals surface area contributed by atoms with Crippen molar-refractivity contribution >= 4 is 5.91 Å². The summed E-state index contributed by atoms with van der Waals surface area (Å²) in [6.45, 7) is 4.22. The maximum atomic E-state index is 12.4. The molecule has 0 spiro atoms. The quantitative estimate of drug-likeness (QED) is 0.0521. The van der Waals surface area contributed by atoms with Crippen LogP contribution in [0, 0.1) is 0 Å². The second-order valence-corrected chi connectivity index (χ2v) is 13.9. The molecule has 4 N–H and O–H groups in total. The molecule has 0 rings (SSSR count). The summed E-state index contributed by atoms with van der Waals surface area (Å²) in [6.07, 6.45) is 38.1. The van der Waals surface area contributed by atoms with E-state index in [-0.39, 0.29) is 6.61 Å². The zero-order chi connectivity index (χ0) is 32.4. The standard InChI is InChI=1S/C39H79NO4/c1-3-5-7-9-11-13-15-16-17-18-19-20-21-22-24-25-27-29-31-33-37(42)36(35-41)40-39(44)38(43)34-32-30-28-26-23-14-12-10-8-6-4-2/h36-38,41-43H,3-35H2,1-2H3,(H,40,44). The van der Waals surface area contributed by atoms with Crippen LogP contribution in [0.1, 0.15) is 219 Å². The molecule has 5 heteroatoms. The van der Waals surface area contributed by atoms with E-state index in [4.69, 9.17) is 0 Å². The van der Waals surface area contributed by atoms with Gasteiger partial charge in [0.15, 0.2) is 0 Å². The van der Waals surface area contributed by atoms with E-state index in [1.807, 2.05) is 0 Å². The fraction of sp³-hybridized carbons (Fsp3) is 0.974. The van der Waals surface area contributed by atoms with Crippen molar-refractivity contribution in [2.45, 2.75) is 238 Å². The summed E-state index contributed by atoms with van der Waals surface area (Å²) in [7, 11) is 0. The van der Waals surface area contributed by atoms with Crippen LogP contribution in [0.2, 0.25) is 0 Å². The zero-order valence-corrected chi connectivity index (χ0v) is 29.8. The van der Waals surface area contributed by atoms with Gasteiger partial charge in [-0.1, -0.05) is 206 Å². The highest BCUT2D eigenvalue weighted by Gasteiger charge is 2.23. The van der Waals surface area contributed by atoms with Gasteiger partial charge < -0.3 is 20.6 Å². The molecule has 44 heavy (non-hydrogen) atoms. The van der Waals surface area contributed by atoms with Crippen molar-refractivity contribution < 1.29 is 20.1 Å². The Morgan fingerprint density at radius 1 is 0.455 bits per heavy atom. The monoisotopic (exact) mass is 626 g/mol. The molecular formula is C39H79NO4. The van der Waals surface area contributed by atoms with Gasteiger partial charge in [0.25, 0.3) is 0 Å². The Hall–Kier alpha value is -0.650. The molecule has 0 aromatic carbocycles. The molecule has 0 aromatic rings. The van der Waals surface area contributed by atoms with Crippen LogP contribution in [-0.4, -0.2) is 46.1 Å². The van der Waals surface area contributed by atoms with Crippen LogP contribution in [0.5, 0.6) is 0 Å². The maximum Gasteiger partial charge on any atom is 0.249 e. The molecule has 0 saturated carbocycles. The first-order chi connectivity index (χ1) is 21.6. The van der Waals surface area contributed by atoms with Gasteiger partial charge in [0, 0.05) is 0 Å². The lowest BCUT2D eigenvalue weighted by atomic mass is 10.0. The SMILES string of the molecule is CCCCCCCCCCCCCCCCCCCCCC(O)C(CO)NC(=O)C(O)CCCCCCCCCCCCC. The molecule has 1 amide bonds. The van der Waals surface area contributed by atoms with Crippen LogP contribution < -0.4 is 5.32 Å². The molecule has 264 valence electrons. The summed E-state index contributed by atoms with van der Waals surface area (Å²) in [6, 6.07) is -0.704. The van der Waals surface area contributed by atoms with Crippen molar-refractivity contribution in [3.63, 3.8) is 0 Å². The number of hydrogen-bond donors (Lipinski definition) is 4. The van der Waals surface area contributed by atoms with Gasteiger partial charge in [0.2, 0.25) is 5.91 Å². The van der Waals surface area contributed by atoms with Gasteiger partial charge in [-0.25, -0.2) is 0 Å². The number of unbranched alkanes of at least 4 members (excludes halogenated alkanes) is 28. The first kappa shape index (κ1) is 43.4. The second kappa shape index (κ2) is 35.2. The minimum absolute atomic E-state index is 0.308. The average Bonchev–Trinajstić information content (AvgIpc) is 3.03. The lowest BCUT2D eigenvalue weighted by molar-refractivity contribution is -0.131. The van der Waals surface area contributed by atoms with Crippen molar-refractivity contribution in [1.82, 2.24) is 5.32 Å². The Labute approximate surface area is 275 Å². The fourth-order valence-electron chi connectivity index (χ4n) is 6.31. The van der Waals surface area contributed by atoms with Crippen molar-refractivity contribution in [2.24, 2.45) is 0 Å². The average molecular weight is 626 g/mol. The van der Waals surface area contributed by atoms with Crippen LogP contribution in [-0.2, 0) is 4.79 Å². The Bertz CT molecular complexity index is 572. The predicted molar refractivity (Wildman–Crippen MR) is 190 cm³/mol. The minimum Gasteiger partial charge on any atom is -0.394 e. The molecule has 0 aliphatic rings. The summed E-state index contributed by atoms with van der Waals surface area (Å²) < 4.78 is 0. The first-order valence-corrected chi connectivity index (χ1v) is 19.8. The Morgan fingerprint density at radius 2 is 0.727 bits per heavy atom. The molecule has 0 radical (unpaired) electrons. The van der Waals surface area contributed by atoms with E-state index in [9.17, 15) is 20.1 Å². The highest BCUT2D eigenvalue weighted by Crippen LogP contribution is 2.16. The van der Waals surface area contributed by atoms with Crippen molar-refractivity contribution in [1.29, 1.82) is 0 Å². The number of carbonyl (C=O) groups is 1. The Balaban J connectivity index is 3.60. The van der Waals surface area contributed by atoms with Gasteiger partial charge in [0.05, 0.1) is 18.8 Å². The van der Waals surface area contributed by atoms with E-state index in [0.29, 0.717) is 12.8 Å². The van der Waals surface area contributed by atoms with Gasteiger partial charge in [0.1, 0.15) is 6.10 Å². The van der Waals surface area contributed by atoms with Gasteiger partial charge in [-0.05, 0) is 12.8 Å². The number of aliphatic hydroxyl groups excluding tert-OH is 3. The van der Waals surface area contributed by atoms with E-state index in [1.165, 1.54) is 161 Å². The third kappa shape index (κ3) is 30.0. The number of hydrogen-bond acceptors (Lipinski definition) is 4. The molecular weight excluding hydrogens is 546 g/mol.